The molecule has 0 aliphatic carbocycles. The fourth-order valence-corrected chi connectivity index (χ4v) is 3.05. The van der Waals surface area contributed by atoms with Crippen LogP contribution in [0.15, 0.2) is 6.07 Å². The highest BCUT2D eigenvalue weighted by Gasteiger charge is 2.44. The molecular weight excluding hydrogens is 280 g/mol. The number of imide groups is 2. The van der Waals surface area contributed by atoms with Gasteiger partial charge in [-0.25, -0.2) is 9.69 Å². The SMILES string of the molecule is CCN1C(=O)C(=O)N(CC(=O)c2cc(C)sc2C)C1=O. The number of hydrogen-bond donors (Lipinski definition) is 0. The number of likely N-dealkylation sites (N-methyl/N-ethyl adjacent to an activating group) is 1. The van der Waals surface area contributed by atoms with Crippen LogP contribution < -0.4 is 0 Å². The van der Waals surface area contributed by atoms with Crippen LogP contribution in [0.25, 0.3) is 0 Å². The number of ketones is 1. The molecule has 1 saturated heterocycles. The Morgan fingerprint density at radius 1 is 1.15 bits per heavy atom. The second-order valence-electron chi connectivity index (χ2n) is 4.47. The number of urea groups is 1. The predicted molar refractivity (Wildman–Crippen MR) is 72.6 cm³/mol. The molecule has 1 aromatic rings. The molecule has 0 bridgehead atoms. The smallest absolute Gasteiger partial charge is 0.292 e. The minimum atomic E-state index is -0.935. The van der Waals surface area contributed by atoms with Gasteiger partial charge in [-0.3, -0.25) is 19.3 Å². The number of hydrogen-bond acceptors (Lipinski definition) is 5. The number of Topliss-reactive ketones (excluding diaryl/α,β-unsaturated/α-hetero) is 1. The molecule has 0 aromatic carbocycles. The molecule has 0 radical (unpaired) electrons. The summed E-state index contributed by atoms with van der Waals surface area (Å²) in [6, 6.07) is 1.01. The summed E-state index contributed by atoms with van der Waals surface area (Å²) in [7, 11) is 0. The monoisotopic (exact) mass is 294 g/mol. The van der Waals surface area contributed by atoms with E-state index in [1.54, 1.807) is 13.0 Å². The molecule has 0 N–H and O–H groups in total. The second-order valence-corrected chi connectivity index (χ2v) is 5.93. The van der Waals surface area contributed by atoms with Gasteiger partial charge in [0.1, 0.15) is 0 Å². The van der Waals surface area contributed by atoms with Crippen molar-refractivity contribution in [1.82, 2.24) is 9.80 Å². The predicted octanol–water partition coefficient (Wildman–Crippen LogP) is 1.36. The highest BCUT2D eigenvalue weighted by molar-refractivity contribution is 7.12. The summed E-state index contributed by atoms with van der Waals surface area (Å²) in [6.45, 7) is 5.01. The Labute approximate surface area is 120 Å². The molecule has 1 aliphatic rings. The van der Waals surface area contributed by atoms with Gasteiger partial charge in [0.25, 0.3) is 0 Å². The maximum atomic E-state index is 12.2. The third-order valence-corrected chi connectivity index (χ3v) is 4.06. The summed E-state index contributed by atoms with van der Waals surface area (Å²) in [6.07, 6.45) is 0. The van der Waals surface area contributed by atoms with Crippen LogP contribution in [0.2, 0.25) is 0 Å². The quantitative estimate of drug-likeness (QED) is 0.477. The molecule has 6 nitrogen and oxygen atoms in total. The summed E-state index contributed by atoms with van der Waals surface area (Å²) in [4.78, 5) is 50.7. The lowest BCUT2D eigenvalue weighted by Gasteiger charge is -2.13. The molecule has 106 valence electrons. The van der Waals surface area contributed by atoms with Crippen molar-refractivity contribution in [2.75, 3.05) is 13.1 Å². The number of carbonyl (C=O) groups excluding carboxylic acids is 4. The van der Waals surface area contributed by atoms with Crippen molar-refractivity contribution in [3.63, 3.8) is 0 Å². The molecule has 2 rings (SSSR count). The van der Waals surface area contributed by atoms with E-state index in [1.807, 2.05) is 13.8 Å². The highest BCUT2D eigenvalue weighted by Crippen LogP contribution is 2.22. The summed E-state index contributed by atoms with van der Waals surface area (Å²) in [5, 5.41) is 0. The first kappa shape index (κ1) is 14.4. The number of carbonyl (C=O) groups is 4. The van der Waals surface area contributed by atoms with Crippen molar-refractivity contribution in [1.29, 1.82) is 0 Å². The van der Waals surface area contributed by atoms with Gasteiger partial charge in [-0.2, -0.15) is 0 Å². The van der Waals surface area contributed by atoms with E-state index < -0.39 is 24.4 Å². The highest BCUT2D eigenvalue weighted by atomic mass is 32.1. The van der Waals surface area contributed by atoms with Gasteiger partial charge in [0, 0.05) is 21.9 Å². The molecule has 0 atom stereocenters. The van der Waals surface area contributed by atoms with E-state index in [2.05, 4.69) is 0 Å². The Morgan fingerprint density at radius 2 is 1.75 bits per heavy atom. The van der Waals surface area contributed by atoms with Gasteiger partial charge < -0.3 is 0 Å². The number of thiophene rings is 1. The first-order chi connectivity index (χ1) is 9.36. The van der Waals surface area contributed by atoms with Gasteiger partial charge in [-0.15, -0.1) is 11.3 Å². The lowest BCUT2D eigenvalue weighted by Crippen LogP contribution is -2.37. The molecule has 1 aromatic heterocycles. The molecule has 4 amide bonds. The van der Waals surface area contributed by atoms with Crippen LogP contribution in [-0.2, 0) is 9.59 Å². The third-order valence-electron chi connectivity index (χ3n) is 3.09. The second kappa shape index (κ2) is 5.16. The van der Waals surface area contributed by atoms with Crippen LogP contribution in [0.4, 0.5) is 4.79 Å². The fraction of sp³-hybridized carbons (Fsp3) is 0.385. The third kappa shape index (κ3) is 2.24. The topological polar surface area (TPSA) is 74.8 Å². The van der Waals surface area contributed by atoms with Crippen molar-refractivity contribution in [3.8, 4) is 0 Å². The minimum absolute atomic E-state index is 0.116. The number of amides is 4. The van der Waals surface area contributed by atoms with Crippen LogP contribution in [0.3, 0.4) is 0 Å². The zero-order chi connectivity index (χ0) is 15.0. The Balaban J connectivity index is 2.20. The Hall–Kier alpha value is -2.02. The lowest BCUT2D eigenvalue weighted by atomic mass is 10.1. The average molecular weight is 294 g/mol. The molecule has 0 spiro atoms. The van der Waals surface area contributed by atoms with E-state index >= 15 is 0 Å². The Kier molecular flexibility index (Phi) is 3.71. The number of nitrogens with zero attached hydrogens (tertiary/aromatic N) is 2. The van der Waals surface area contributed by atoms with Gasteiger partial charge in [0.15, 0.2) is 5.78 Å². The van der Waals surface area contributed by atoms with Crippen LogP contribution in [0.1, 0.15) is 27.0 Å². The van der Waals surface area contributed by atoms with E-state index in [-0.39, 0.29) is 12.3 Å². The molecule has 2 heterocycles. The van der Waals surface area contributed by atoms with E-state index in [0.717, 1.165) is 14.7 Å². The standard InChI is InChI=1S/C13H14N2O4S/c1-4-14-11(17)12(18)15(13(14)19)6-10(16)9-5-7(2)20-8(9)3/h5H,4,6H2,1-3H3. The maximum Gasteiger partial charge on any atom is 0.334 e. The van der Waals surface area contributed by atoms with Crippen LogP contribution in [0.5, 0.6) is 0 Å². The van der Waals surface area contributed by atoms with Gasteiger partial charge in [0.05, 0.1) is 6.54 Å². The van der Waals surface area contributed by atoms with E-state index in [0.29, 0.717) is 10.5 Å². The largest absolute Gasteiger partial charge is 0.334 e. The van der Waals surface area contributed by atoms with Crippen LogP contribution >= 0.6 is 11.3 Å². The summed E-state index contributed by atoms with van der Waals surface area (Å²) < 4.78 is 0. The number of rotatable bonds is 4. The summed E-state index contributed by atoms with van der Waals surface area (Å²) in [5.41, 5.74) is 0.496. The Morgan fingerprint density at radius 3 is 2.20 bits per heavy atom. The summed E-state index contributed by atoms with van der Waals surface area (Å²) in [5.74, 6) is -2.14. The minimum Gasteiger partial charge on any atom is -0.292 e. The van der Waals surface area contributed by atoms with Crippen molar-refractivity contribution >= 4 is 35.0 Å². The van der Waals surface area contributed by atoms with E-state index in [1.165, 1.54) is 11.3 Å². The van der Waals surface area contributed by atoms with Gasteiger partial charge in [-0.05, 0) is 26.8 Å². The molecule has 20 heavy (non-hydrogen) atoms. The first-order valence-electron chi connectivity index (χ1n) is 6.14. The average Bonchev–Trinajstić information content (AvgIpc) is 2.82. The zero-order valence-electron chi connectivity index (χ0n) is 11.4. The molecule has 1 aliphatic heterocycles. The number of aryl methyl sites for hydroxylation is 2. The maximum absolute atomic E-state index is 12.2. The van der Waals surface area contributed by atoms with Gasteiger partial charge in [0.2, 0.25) is 0 Å². The van der Waals surface area contributed by atoms with E-state index in [9.17, 15) is 19.2 Å². The van der Waals surface area contributed by atoms with Crippen molar-refractivity contribution in [3.05, 3.63) is 21.4 Å². The van der Waals surface area contributed by atoms with Gasteiger partial charge >= 0.3 is 17.8 Å². The van der Waals surface area contributed by atoms with Crippen molar-refractivity contribution in [2.45, 2.75) is 20.8 Å². The molecule has 0 saturated carbocycles. The fourth-order valence-electron chi connectivity index (χ4n) is 2.11. The van der Waals surface area contributed by atoms with Crippen LogP contribution in [0, 0.1) is 13.8 Å². The van der Waals surface area contributed by atoms with E-state index in [4.69, 9.17) is 0 Å². The first-order valence-corrected chi connectivity index (χ1v) is 6.96. The van der Waals surface area contributed by atoms with Crippen molar-refractivity contribution in [2.24, 2.45) is 0 Å². The molecule has 1 fully saturated rings. The zero-order valence-corrected chi connectivity index (χ0v) is 12.2. The van der Waals surface area contributed by atoms with Crippen molar-refractivity contribution < 1.29 is 19.2 Å². The lowest BCUT2D eigenvalue weighted by molar-refractivity contribution is -0.143. The molecule has 0 unspecified atom stereocenters. The normalized spacial score (nSPS) is 15.4. The van der Waals surface area contributed by atoms with Crippen LogP contribution in [-0.4, -0.2) is 46.5 Å². The molecular formula is C13H14N2O4S. The Bertz CT molecular complexity index is 620. The summed E-state index contributed by atoms with van der Waals surface area (Å²) >= 11 is 1.48. The molecule has 7 heteroatoms. The van der Waals surface area contributed by atoms with Gasteiger partial charge in [-0.1, -0.05) is 0 Å².